The van der Waals surface area contributed by atoms with Crippen LogP contribution in [-0.4, -0.2) is 95.0 Å². The fourth-order valence-electron chi connectivity index (χ4n) is 2.89. The molecule has 0 aliphatic heterocycles. The van der Waals surface area contributed by atoms with Crippen molar-refractivity contribution in [2.24, 2.45) is 0 Å². The summed E-state index contributed by atoms with van der Waals surface area (Å²) < 4.78 is 28.3. The van der Waals surface area contributed by atoms with Gasteiger partial charge in [0.1, 0.15) is 24.4 Å². The average molecular weight is 616 g/mol. The van der Waals surface area contributed by atoms with Crippen molar-refractivity contribution in [2.75, 3.05) is 78.3 Å². The highest BCUT2D eigenvalue weighted by atomic mass is 33.1. The van der Waals surface area contributed by atoms with Crippen LogP contribution in [0.3, 0.4) is 0 Å². The number of carbonyl (C=O) groups is 2. The van der Waals surface area contributed by atoms with E-state index in [0.717, 1.165) is 13.0 Å². The Labute approximate surface area is 253 Å². The van der Waals surface area contributed by atoms with Crippen LogP contribution in [0.4, 0.5) is 5.69 Å². The summed E-state index contributed by atoms with van der Waals surface area (Å²) in [7, 11) is 5.17. The van der Waals surface area contributed by atoms with Crippen LogP contribution in [0.2, 0.25) is 0 Å². The quantitative estimate of drug-likeness (QED) is 0.0674. The molecule has 0 bridgehead atoms. The van der Waals surface area contributed by atoms with Crippen molar-refractivity contribution in [2.45, 2.75) is 50.7 Å². The van der Waals surface area contributed by atoms with Crippen LogP contribution in [0.25, 0.3) is 0 Å². The molecule has 3 N–H and O–H groups in total. The summed E-state index contributed by atoms with van der Waals surface area (Å²) in [4.78, 5) is 24.1. The molecular formula is C29H49N3O7S2. The predicted molar refractivity (Wildman–Crippen MR) is 169 cm³/mol. The van der Waals surface area contributed by atoms with E-state index in [2.05, 4.69) is 36.7 Å². The van der Waals surface area contributed by atoms with Crippen LogP contribution >= 0.6 is 21.6 Å². The molecule has 1 atom stereocenters. The van der Waals surface area contributed by atoms with Gasteiger partial charge in [0.05, 0.1) is 46.1 Å². The SMILES string of the molecule is CC/C=C/CNC(=O)COCCOC(COc1cccc(NC(=O)CCOCCOCCNC)c1)SSC(C)(C)C. The summed E-state index contributed by atoms with van der Waals surface area (Å²) in [6.45, 7) is 12.6. The van der Waals surface area contributed by atoms with Crippen LogP contribution in [0, 0.1) is 0 Å². The van der Waals surface area contributed by atoms with Crippen LogP contribution in [0.1, 0.15) is 40.5 Å². The van der Waals surface area contributed by atoms with E-state index in [0.29, 0.717) is 64.2 Å². The molecule has 0 aliphatic carbocycles. The molecule has 1 aromatic carbocycles. The molecule has 1 aromatic rings. The van der Waals surface area contributed by atoms with Gasteiger partial charge < -0.3 is 39.6 Å². The van der Waals surface area contributed by atoms with Gasteiger partial charge in [-0.2, -0.15) is 0 Å². The third-order valence-electron chi connectivity index (χ3n) is 4.84. The Morgan fingerprint density at radius 3 is 2.46 bits per heavy atom. The molecule has 0 aliphatic rings. The van der Waals surface area contributed by atoms with Crippen LogP contribution < -0.4 is 20.7 Å². The molecule has 0 fully saturated rings. The number of hydrogen-bond acceptors (Lipinski definition) is 10. The van der Waals surface area contributed by atoms with Crippen molar-refractivity contribution in [1.29, 1.82) is 0 Å². The van der Waals surface area contributed by atoms with E-state index < -0.39 is 0 Å². The van der Waals surface area contributed by atoms with E-state index in [1.807, 2.05) is 44.3 Å². The van der Waals surface area contributed by atoms with E-state index >= 15 is 0 Å². The summed E-state index contributed by atoms with van der Waals surface area (Å²) in [5, 5.41) is 8.66. The van der Waals surface area contributed by atoms with Crippen LogP contribution in [-0.2, 0) is 28.5 Å². The summed E-state index contributed by atoms with van der Waals surface area (Å²) >= 11 is 0. The lowest BCUT2D eigenvalue weighted by atomic mass is 10.3. The zero-order valence-electron chi connectivity index (χ0n) is 25.2. The molecule has 0 heterocycles. The Kier molecular flexibility index (Phi) is 21.5. The van der Waals surface area contributed by atoms with Gasteiger partial charge in [-0.3, -0.25) is 9.59 Å². The lowest BCUT2D eigenvalue weighted by Gasteiger charge is -2.22. The fraction of sp³-hybridized carbons (Fsp3) is 0.655. The summed E-state index contributed by atoms with van der Waals surface area (Å²) in [5.74, 6) is 0.327. The van der Waals surface area contributed by atoms with Gasteiger partial charge in [0.15, 0.2) is 0 Å². The minimum Gasteiger partial charge on any atom is -0.490 e. The zero-order valence-corrected chi connectivity index (χ0v) is 26.8. The van der Waals surface area contributed by atoms with Gasteiger partial charge in [-0.05, 0) is 25.6 Å². The van der Waals surface area contributed by atoms with Crippen molar-refractivity contribution >= 4 is 39.1 Å². The lowest BCUT2D eigenvalue weighted by molar-refractivity contribution is -0.126. The average Bonchev–Trinajstić information content (AvgIpc) is 2.93. The number of allylic oxidation sites excluding steroid dienone is 1. The third kappa shape index (κ3) is 22.5. The van der Waals surface area contributed by atoms with E-state index in [-0.39, 0.29) is 35.0 Å². The number of anilines is 1. The standard InChI is InChI=1S/C29H49N3O7S2/c1-6-7-8-13-31-27(34)22-37-19-20-38-28(40-41-29(2,3)4)23-39-25-11-9-10-24(21-25)32-26(33)12-15-35-17-18-36-16-14-30-5/h7-11,21,28,30H,6,12-20,22-23H2,1-5H3,(H,31,34)(H,32,33)/b8-7+. The molecule has 1 rings (SSSR count). The normalized spacial score (nSPS) is 12.4. The molecule has 0 saturated carbocycles. The molecule has 0 radical (unpaired) electrons. The van der Waals surface area contributed by atoms with E-state index in [1.54, 1.807) is 27.7 Å². The van der Waals surface area contributed by atoms with E-state index in [1.165, 1.54) is 0 Å². The van der Waals surface area contributed by atoms with Gasteiger partial charge in [0, 0.05) is 29.6 Å². The summed E-state index contributed by atoms with van der Waals surface area (Å²) in [6, 6.07) is 7.26. The second kappa shape index (κ2) is 23.7. The smallest absolute Gasteiger partial charge is 0.246 e. The van der Waals surface area contributed by atoms with E-state index in [4.69, 9.17) is 23.7 Å². The zero-order chi connectivity index (χ0) is 30.2. The van der Waals surface area contributed by atoms with Crippen molar-refractivity contribution in [3.05, 3.63) is 36.4 Å². The number of ether oxygens (including phenoxy) is 5. The maximum Gasteiger partial charge on any atom is 0.246 e. The van der Waals surface area contributed by atoms with Crippen LogP contribution in [0.15, 0.2) is 36.4 Å². The highest BCUT2D eigenvalue weighted by Gasteiger charge is 2.18. The van der Waals surface area contributed by atoms with Gasteiger partial charge in [0.2, 0.25) is 11.8 Å². The molecule has 0 aromatic heterocycles. The second-order valence-electron chi connectivity index (χ2n) is 9.79. The van der Waals surface area contributed by atoms with Crippen molar-refractivity contribution in [3.63, 3.8) is 0 Å². The number of amides is 2. The number of carbonyl (C=O) groups excluding carboxylic acids is 2. The molecule has 234 valence electrons. The first-order chi connectivity index (χ1) is 19.7. The first-order valence-corrected chi connectivity index (χ1v) is 16.2. The molecule has 1 unspecified atom stereocenters. The Bertz CT molecular complexity index is 869. The van der Waals surface area contributed by atoms with Gasteiger partial charge in [-0.1, -0.05) is 67.5 Å². The maximum atomic E-state index is 12.3. The Morgan fingerprint density at radius 1 is 0.976 bits per heavy atom. The third-order valence-corrected chi connectivity index (χ3v) is 8.35. The van der Waals surface area contributed by atoms with Gasteiger partial charge in [-0.15, -0.1) is 0 Å². The van der Waals surface area contributed by atoms with Gasteiger partial charge in [-0.25, -0.2) is 0 Å². The molecular weight excluding hydrogens is 566 g/mol. The summed E-state index contributed by atoms with van der Waals surface area (Å²) in [6.07, 6.45) is 5.10. The molecule has 0 spiro atoms. The minimum atomic E-state index is -0.256. The Morgan fingerprint density at radius 2 is 1.73 bits per heavy atom. The first kappa shape index (κ1) is 37.2. The fourth-order valence-corrected chi connectivity index (χ4v) is 5.08. The molecule has 12 heteroatoms. The lowest BCUT2D eigenvalue weighted by Crippen LogP contribution is -2.28. The minimum absolute atomic E-state index is 0.00953. The highest BCUT2D eigenvalue weighted by molar-refractivity contribution is 8.77. The number of hydrogen-bond donors (Lipinski definition) is 3. The maximum absolute atomic E-state index is 12.3. The first-order valence-electron chi connectivity index (χ1n) is 14.0. The Balaban J connectivity index is 2.41. The van der Waals surface area contributed by atoms with Gasteiger partial charge in [0.25, 0.3) is 0 Å². The Hall–Kier alpha value is -1.80. The highest BCUT2D eigenvalue weighted by Crippen LogP contribution is 2.38. The number of benzene rings is 1. The second-order valence-corrected chi connectivity index (χ2v) is 13.0. The van der Waals surface area contributed by atoms with Crippen molar-refractivity contribution < 1.29 is 33.3 Å². The van der Waals surface area contributed by atoms with Gasteiger partial charge >= 0.3 is 0 Å². The molecule has 41 heavy (non-hydrogen) atoms. The largest absolute Gasteiger partial charge is 0.490 e. The monoisotopic (exact) mass is 615 g/mol. The topological polar surface area (TPSA) is 116 Å². The predicted octanol–water partition coefficient (Wildman–Crippen LogP) is 4.27. The van der Waals surface area contributed by atoms with Crippen molar-refractivity contribution in [1.82, 2.24) is 10.6 Å². The van der Waals surface area contributed by atoms with E-state index in [9.17, 15) is 9.59 Å². The molecule has 2 amide bonds. The number of rotatable bonds is 24. The number of likely N-dealkylation sites (N-methyl/N-ethyl adjacent to an activating group) is 1. The van der Waals surface area contributed by atoms with Crippen LogP contribution in [0.5, 0.6) is 5.75 Å². The molecule has 10 nitrogen and oxygen atoms in total. The number of nitrogens with one attached hydrogen (secondary N) is 3. The summed E-state index contributed by atoms with van der Waals surface area (Å²) in [5.41, 5.74) is 0.391. The van der Waals surface area contributed by atoms with Crippen molar-refractivity contribution in [3.8, 4) is 5.75 Å². The molecule has 0 saturated heterocycles.